The molecule has 1 aliphatic rings. The number of aromatic nitrogens is 4. The number of nitrogens with zero attached hydrogens (tertiary/aromatic N) is 4. The van der Waals surface area contributed by atoms with Crippen molar-refractivity contribution >= 4 is 17.0 Å². The molecule has 0 saturated heterocycles. The van der Waals surface area contributed by atoms with Gasteiger partial charge in [0, 0.05) is 5.41 Å². The minimum atomic E-state index is -1.13. The molecule has 2 unspecified atom stereocenters. The standard InChI is InChI=1S/C12H16FN5O3/c1-12(3-19)2-5(7(20)8(12)21)18-4-15-6-9(14)16-11(13)17-10(6)18/h4-5,7-8,19-21H,2-3H2,1H3,(H2,14,16,17)/t5?,7?,8-,12-/m1/s1. The van der Waals surface area contributed by atoms with Crippen LogP contribution in [0.3, 0.4) is 0 Å². The van der Waals surface area contributed by atoms with Crippen LogP contribution in [-0.4, -0.2) is 53.7 Å². The zero-order valence-corrected chi connectivity index (χ0v) is 11.3. The van der Waals surface area contributed by atoms with Gasteiger partial charge in [0.2, 0.25) is 0 Å². The molecule has 21 heavy (non-hydrogen) atoms. The van der Waals surface area contributed by atoms with Crippen LogP contribution in [0.5, 0.6) is 0 Å². The van der Waals surface area contributed by atoms with E-state index in [1.165, 1.54) is 10.9 Å². The van der Waals surface area contributed by atoms with Gasteiger partial charge in [0.05, 0.1) is 25.1 Å². The highest BCUT2D eigenvalue weighted by molar-refractivity contribution is 5.81. The van der Waals surface area contributed by atoms with Gasteiger partial charge in [-0.05, 0) is 6.42 Å². The van der Waals surface area contributed by atoms with Gasteiger partial charge < -0.3 is 25.6 Å². The first-order chi connectivity index (χ1) is 9.87. The number of rotatable bonds is 2. The minimum Gasteiger partial charge on any atom is -0.396 e. The lowest BCUT2D eigenvalue weighted by atomic mass is 9.87. The van der Waals surface area contributed by atoms with E-state index < -0.39 is 29.7 Å². The maximum atomic E-state index is 13.3. The molecule has 1 saturated carbocycles. The topological polar surface area (TPSA) is 130 Å². The number of aliphatic hydroxyl groups excluding tert-OH is 3. The number of fused-ring (bicyclic) bond motifs is 1. The van der Waals surface area contributed by atoms with Crippen molar-refractivity contribution in [1.82, 2.24) is 19.5 Å². The third-order valence-electron chi connectivity index (χ3n) is 4.25. The van der Waals surface area contributed by atoms with Crippen LogP contribution < -0.4 is 5.73 Å². The fourth-order valence-electron chi connectivity index (χ4n) is 2.92. The molecule has 0 aromatic carbocycles. The van der Waals surface area contributed by atoms with Crippen LogP contribution in [0.4, 0.5) is 10.2 Å². The number of anilines is 1. The van der Waals surface area contributed by atoms with Crippen molar-refractivity contribution in [2.24, 2.45) is 5.41 Å². The number of hydrogen-bond acceptors (Lipinski definition) is 7. The van der Waals surface area contributed by atoms with Crippen molar-refractivity contribution in [1.29, 1.82) is 0 Å². The summed E-state index contributed by atoms with van der Waals surface area (Å²) in [6, 6.07) is -0.587. The fraction of sp³-hybridized carbons (Fsp3) is 0.583. The summed E-state index contributed by atoms with van der Waals surface area (Å²) < 4.78 is 14.8. The van der Waals surface area contributed by atoms with Crippen LogP contribution in [0.25, 0.3) is 11.2 Å². The van der Waals surface area contributed by atoms with E-state index in [0.717, 1.165) is 0 Å². The third kappa shape index (κ3) is 1.96. The van der Waals surface area contributed by atoms with Gasteiger partial charge in [0.25, 0.3) is 0 Å². The number of hydrogen-bond donors (Lipinski definition) is 4. The van der Waals surface area contributed by atoms with E-state index in [9.17, 15) is 19.7 Å². The van der Waals surface area contributed by atoms with Gasteiger partial charge in [-0.2, -0.15) is 14.4 Å². The maximum absolute atomic E-state index is 13.3. The van der Waals surface area contributed by atoms with Crippen LogP contribution in [0, 0.1) is 11.5 Å². The van der Waals surface area contributed by atoms with E-state index in [-0.39, 0.29) is 23.6 Å². The smallest absolute Gasteiger partial charge is 0.312 e. The fourth-order valence-corrected chi connectivity index (χ4v) is 2.92. The van der Waals surface area contributed by atoms with Gasteiger partial charge in [-0.25, -0.2) is 4.98 Å². The van der Waals surface area contributed by atoms with Crippen LogP contribution in [0.1, 0.15) is 19.4 Å². The van der Waals surface area contributed by atoms with Crippen LogP contribution in [0.15, 0.2) is 6.33 Å². The second-order valence-electron chi connectivity index (χ2n) is 5.72. The Morgan fingerprint density at radius 3 is 2.81 bits per heavy atom. The predicted octanol–water partition coefficient (Wildman–Crippen LogP) is -0.787. The zero-order chi connectivity index (χ0) is 15.4. The molecular weight excluding hydrogens is 281 g/mol. The average Bonchev–Trinajstić information content (AvgIpc) is 2.95. The Hall–Kier alpha value is -1.84. The molecule has 0 radical (unpaired) electrons. The van der Waals surface area contributed by atoms with Crippen LogP contribution in [-0.2, 0) is 0 Å². The van der Waals surface area contributed by atoms with Gasteiger partial charge in [0.1, 0.15) is 11.6 Å². The Balaban J connectivity index is 2.10. The molecule has 2 heterocycles. The molecule has 9 heteroatoms. The first kappa shape index (κ1) is 14.1. The van der Waals surface area contributed by atoms with E-state index in [0.29, 0.717) is 6.42 Å². The number of imidazole rings is 1. The van der Waals surface area contributed by atoms with E-state index in [2.05, 4.69) is 15.0 Å². The molecule has 0 amide bonds. The SMILES string of the molecule is C[C@]1(CO)CC(n2cnc3c(N)nc(F)nc32)C(O)[C@H]1O. The summed E-state index contributed by atoms with van der Waals surface area (Å²) in [7, 11) is 0. The number of aliphatic hydroxyl groups is 3. The molecule has 0 bridgehead atoms. The van der Waals surface area contributed by atoms with E-state index in [4.69, 9.17) is 5.73 Å². The van der Waals surface area contributed by atoms with Crippen LogP contribution in [0.2, 0.25) is 0 Å². The lowest BCUT2D eigenvalue weighted by Crippen LogP contribution is -2.36. The molecule has 0 spiro atoms. The molecule has 114 valence electrons. The Bertz CT molecular complexity index is 693. The lowest BCUT2D eigenvalue weighted by molar-refractivity contribution is -0.0403. The monoisotopic (exact) mass is 297 g/mol. The van der Waals surface area contributed by atoms with Gasteiger partial charge in [-0.1, -0.05) is 6.92 Å². The molecule has 5 N–H and O–H groups in total. The second kappa shape index (κ2) is 4.58. The van der Waals surface area contributed by atoms with Crippen molar-refractivity contribution < 1.29 is 19.7 Å². The van der Waals surface area contributed by atoms with Gasteiger partial charge in [0.15, 0.2) is 11.5 Å². The molecule has 3 rings (SSSR count). The molecular formula is C12H16FN5O3. The summed E-state index contributed by atoms with van der Waals surface area (Å²) in [6.45, 7) is 1.39. The average molecular weight is 297 g/mol. The number of nitrogen functional groups attached to an aromatic ring is 1. The second-order valence-corrected chi connectivity index (χ2v) is 5.72. The maximum Gasteiger partial charge on any atom is 0.312 e. The predicted molar refractivity (Wildman–Crippen MR) is 70.6 cm³/mol. The summed E-state index contributed by atoms with van der Waals surface area (Å²) in [5.74, 6) is -0.0887. The van der Waals surface area contributed by atoms with Crippen molar-refractivity contribution in [3.05, 3.63) is 12.4 Å². The first-order valence-electron chi connectivity index (χ1n) is 6.50. The highest BCUT2D eigenvalue weighted by Gasteiger charge is 2.50. The minimum absolute atomic E-state index is 0.0887. The summed E-state index contributed by atoms with van der Waals surface area (Å²) in [5, 5.41) is 29.7. The zero-order valence-electron chi connectivity index (χ0n) is 11.3. The number of nitrogens with two attached hydrogens (primary N) is 1. The summed E-state index contributed by atoms with van der Waals surface area (Å²) in [4.78, 5) is 11.1. The third-order valence-corrected chi connectivity index (χ3v) is 4.25. The highest BCUT2D eigenvalue weighted by Crippen LogP contribution is 2.44. The molecule has 2 aromatic heterocycles. The Labute approximate surface area is 119 Å². The molecule has 0 aliphatic heterocycles. The molecule has 1 fully saturated rings. The van der Waals surface area contributed by atoms with E-state index in [1.54, 1.807) is 6.92 Å². The Kier molecular flexibility index (Phi) is 3.08. The van der Waals surface area contributed by atoms with Gasteiger partial charge in [-0.15, -0.1) is 0 Å². The van der Waals surface area contributed by atoms with Crippen molar-refractivity contribution in [3.8, 4) is 0 Å². The summed E-state index contributed by atoms with van der Waals surface area (Å²) >= 11 is 0. The highest BCUT2D eigenvalue weighted by atomic mass is 19.1. The summed E-state index contributed by atoms with van der Waals surface area (Å²) in [5.41, 5.74) is 5.13. The lowest BCUT2D eigenvalue weighted by Gasteiger charge is -2.25. The Morgan fingerprint density at radius 2 is 2.19 bits per heavy atom. The normalized spacial score (nSPS) is 32.9. The molecule has 8 nitrogen and oxygen atoms in total. The van der Waals surface area contributed by atoms with Gasteiger partial charge >= 0.3 is 6.08 Å². The van der Waals surface area contributed by atoms with Crippen molar-refractivity contribution in [2.45, 2.75) is 31.6 Å². The molecule has 2 aromatic rings. The van der Waals surface area contributed by atoms with Crippen molar-refractivity contribution in [2.75, 3.05) is 12.3 Å². The first-order valence-corrected chi connectivity index (χ1v) is 6.50. The van der Waals surface area contributed by atoms with Crippen molar-refractivity contribution in [3.63, 3.8) is 0 Å². The number of halogens is 1. The van der Waals surface area contributed by atoms with Gasteiger partial charge in [-0.3, -0.25) is 0 Å². The van der Waals surface area contributed by atoms with E-state index >= 15 is 0 Å². The quantitative estimate of drug-likeness (QED) is 0.534. The van der Waals surface area contributed by atoms with Crippen LogP contribution >= 0.6 is 0 Å². The molecule has 1 aliphatic carbocycles. The Morgan fingerprint density at radius 1 is 1.48 bits per heavy atom. The molecule has 4 atom stereocenters. The largest absolute Gasteiger partial charge is 0.396 e. The van der Waals surface area contributed by atoms with E-state index in [1.807, 2.05) is 0 Å². The summed E-state index contributed by atoms with van der Waals surface area (Å²) in [6.07, 6.45) is -1.55.